The lowest BCUT2D eigenvalue weighted by Gasteiger charge is -2.12. The monoisotopic (exact) mass is 232 g/mol. The van der Waals surface area contributed by atoms with E-state index >= 15 is 0 Å². The van der Waals surface area contributed by atoms with E-state index in [0.717, 1.165) is 27.6 Å². The molecule has 0 aliphatic rings. The Morgan fingerprint density at radius 1 is 1.31 bits per heavy atom. The number of methoxy groups -OCH3 is 1. The van der Waals surface area contributed by atoms with E-state index in [1.165, 1.54) is 0 Å². The number of rotatable bonds is 3. The van der Waals surface area contributed by atoms with Gasteiger partial charge in [-0.25, -0.2) is 0 Å². The van der Waals surface area contributed by atoms with Crippen LogP contribution in [0.3, 0.4) is 0 Å². The Hall–Kier alpha value is -1.47. The van der Waals surface area contributed by atoms with Crippen molar-refractivity contribution in [3.63, 3.8) is 0 Å². The maximum atomic E-state index is 5.98. The summed E-state index contributed by atoms with van der Waals surface area (Å²) in [7, 11) is 1.66. The number of hydrogen-bond acceptors (Lipinski definition) is 1. The van der Waals surface area contributed by atoms with Gasteiger partial charge < -0.3 is 4.74 Å². The van der Waals surface area contributed by atoms with Crippen molar-refractivity contribution in [1.82, 2.24) is 0 Å². The van der Waals surface area contributed by atoms with Crippen LogP contribution in [-0.2, 0) is 5.88 Å². The van der Waals surface area contributed by atoms with Crippen LogP contribution in [0.1, 0.15) is 11.1 Å². The molecular formula is C14H13ClO. The molecule has 0 aliphatic carbocycles. The molecule has 0 saturated carbocycles. The lowest BCUT2D eigenvalue weighted by molar-refractivity contribution is 0.412. The Kier molecular flexibility index (Phi) is 3.16. The van der Waals surface area contributed by atoms with E-state index in [1.807, 2.05) is 24.3 Å². The predicted molar refractivity (Wildman–Crippen MR) is 70.1 cm³/mol. The third-order valence-corrected chi connectivity index (χ3v) is 2.99. The molecule has 0 N–H and O–H groups in total. The molecule has 0 atom stereocenters. The fourth-order valence-electron chi connectivity index (χ4n) is 1.93. The summed E-state index contributed by atoms with van der Waals surface area (Å²) in [6.45, 7) is 3.82. The lowest BCUT2D eigenvalue weighted by atomic mass is 9.99. The zero-order valence-corrected chi connectivity index (χ0v) is 9.92. The molecule has 0 spiro atoms. The average molecular weight is 233 g/mol. The number of benzene rings is 2. The summed E-state index contributed by atoms with van der Waals surface area (Å²) in [6.07, 6.45) is 1.84. The van der Waals surface area contributed by atoms with Crippen molar-refractivity contribution in [3.8, 4) is 5.75 Å². The van der Waals surface area contributed by atoms with Crippen molar-refractivity contribution in [2.24, 2.45) is 0 Å². The fourth-order valence-corrected chi connectivity index (χ4v) is 2.20. The molecule has 0 fully saturated rings. The normalized spacial score (nSPS) is 10.4. The van der Waals surface area contributed by atoms with E-state index in [0.29, 0.717) is 5.88 Å². The fraction of sp³-hybridized carbons (Fsp3) is 0.143. The summed E-state index contributed by atoms with van der Waals surface area (Å²) in [5, 5.41) is 2.29. The van der Waals surface area contributed by atoms with Crippen LogP contribution in [0.2, 0.25) is 0 Å². The second kappa shape index (κ2) is 4.58. The van der Waals surface area contributed by atoms with Crippen molar-refractivity contribution >= 4 is 28.4 Å². The Balaban J connectivity index is 2.88. The van der Waals surface area contributed by atoms with Gasteiger partial charge in [-0.15, -0.1) is 11.6 Å². The molecule has 0 aromatic heterocycles. The molecule has 0 bridgehead atoms. The third-order valence-electron chi connectivity index (χ3n) is 2.72. The predicted octanol–water partition coefficient (Wildman–Crippen LogP) is 4.23. The number of alkyl halides is 1. The van der Waals surface area contributed by atoms with Gasteiger partial charge in [-0.2, -0.15) is 0 Å². The van der Waals surface area contributed by atoms with E-state index in [-0.39, 0.29) is 0 Å². The van der Waals surface area contributed by atoms with Gasteiger partial charge in [-0.1, -0.05) is 36.9 Å². The first kappa shape index (κ1) is 11.0. The first-order valence-corrected chi connectivity index (χ1v) is 5.62. The molecule has 0 amide bonds. The molecule has 82 valence electrons. The molecule has 0 saturated heterocycles. The van der Waals surface area contributed by atoms with Gasteiger partial charge in [0.2, 0.25) is 0 Å². The van der Waals surface area contributed by atoms with E-state index in [2.05, 4.69) is 18.7 Å². The smallest absolute Gasteiger partial charge is 0.124 e. The van der Waals surface area contributed by atoms with Gasteiger partial charge in [0.25, 0.3) is 0 Å². The Morgan fingerprint density at radius 2 is 2.00 bits per heavy atom. The number of ether oxygens (including phenoxy) is 1. The molecule has 2 aromatic carbocycles. The topological polar surface area (TPSA) is 9.23 Å². The van der Waals surface area contributed by atoms with Crippen molar-refractivity contribution in [1.29, 1.82) is 0 Å². The molecule has 2 rings (SSSR count). The summed E-state index contributed by atoms with van der Waals surface area (Å²) < 4.78 is 5.35. The van der Waals surface area contributed by atoms with Crippen LogP contribution in [0, 0.1) is 0 Å². The molecule has 0 heterocycles. The first-order chi connectivity index (χ1) is 7.81. The van der Waals surface area contributed by atoms with Crippen LogP contribution >= 0.6 is 11.6 Å². The molecule has 0 radical (unpaired) electrons. The van der Waals surface area contributed by atoms with Gasteiger partial charge in [0, 0.05) is 5.56 Å². The quantitative estimate of drug-likeness (QED) is 0.720. The van der Waals surface area contributed by atoms with Crippen LogP contribution in [0.4, 0.5) is 0 Å². The van der Waals surface area contributed by atoms with Crippen molar-refractivity contribution in [3.05, 3.63) is 48.0 Å². The third kappa shape index (κ3) is 1.68. The highest BCUT2D eigenvalue weighted by molar-refractivity contribution is 6.18. The summed E-state index contributed by atoms with van der Waals surface area (Å²) in [4.78, 5) is 0. The summed E-state index contributed by atoms with van der Waals surface area (Å²) in [5.74, 6) is 1.27. The van der Waals surface area contributed by atoms with Crippen LogP contribution < -0.4 is 4.74 Å². The van der Waals surface area contributed by atoms with E-state index < -0.39 is 0 Å². The van der Waals surface area contributed by atoms with Crippen molar-refractivity contribution < 1.29 is 4.74 Å². The molecule has 2 aromatic rings. The van der Waals surface area contributed by atoms with Crippen molar-refractivity contribution in [2.45, 2.75) is 5.88 Å². The zero-order chi connectivity index (χ0) is 11.5. The second-order valence-corrected chi connectivity index (χ2v) is 3.80. The summed E-state index contributed by atoms with van der Waals surface area (Å²) >= 11 is 5.98. The number of halogens is 1. The first-order valence-electron chi connectivity index (χ1n) is 5.08. The van der Waals surface area contributed by atoms with Gasteiger partial charge in [0.15, 0.2) is 0 Å². The van der Waals surface area contributed by atoms with Crippen molar-refractivity contribution in [2.75, 3.05) is 7.11 Å². The largest absolute Gasteiger partial charge is 0.496 e. The standard InChI is InChI=1S/C14H13ClO/c1-3-10-8-14(16-2)13(9-15)12-7-5-4-6-11(10)12/h3-8H,1,9H2,2H3. The molecule has 0 unspecified atom stereocenters. The van der Waals surface area contributed by atoms with Gasteiger partial charge >= 0.3 is 0 Å². The lowest BCUT2D eigenvalue weighted by Crippen LogP contribution is -1.93. The number of hydrogen-bond donors (Lipinski definition) is 0. The van der Waals surface area contributed by atoms with Crippen LogP contribution in [-0.4, -0.2) is 7.11 Å². The van der Waals surface area contributed by atoms with Gasteiger partial charge in [-0.3, -0.25) is 0 Å². The second-order valence-electron chi connectivity index (χ2n) is 3.53. The van der Waals surface area contributed by atoms with Gasteiger partial charge in [0.1, 0.15) is 5.75 Å². The molecule has 16 heavy (non-hydrogen) atoms. The van der Waals surface area contributed by atoms with Gasteiger partial charge in [0.05, 0.1) is 13.0 Å². The maximum Gasteiger partial charge on any atom is 0.124 e. The van der Waals surface area contributed by atoms with Crippen LogP contribution in [0.15, 0.2) is 36.9 Å². The minimum Gasteiger partial charge on any atom is -0.496 e. The maximum absolute atomic E-state index is 5.98. The zero-order valence-electron chi connectivity index (χ0n) is 9.16. The minimum absolute atomic E-state index is 0.446. The SMILES string of the molecule is C=Cc1cc(OC)c(CCl)c2ccccc12. The highest BCUT2D eigenvalue weighted by Crippen LogP contribution is 2.32. The molecule has 1 nitrogen and oxygen atoms in total. The van der Waals surface area contributed by atoms with Crippen LogP contribution in [0.5, 0.6) is 5.75 Å². The van der Waals surface area contributed by atoms with E-state index in [9.17, 15) is 0 Å². The van der Waals surface area contributed by atoms with Gasteiger partial charge in [-0.05, 0) is 22.4 Å². The highest BCUT2D eigenvalue weighted by Gasteiger charge is 2.09. The Bertz CT molecular complexity index is 531. The summed E-state index contributed by atoms with van der Waals surface area (Å²) in [5.41, 5.74) is 2.10. The molecule has 2 heteroatoms. The Morgan fingerprint density at radius 3 is 2.56 bits per heavy atom. The summed E-state index contributed by atoms with van der Waals surface area (Å²) in [6, 6.07) is 10.1. The number of fused-ring (bicyclic) bond motifs is 1. The molecular weight excluding hydrogens is 220 g/mol. The highest BCUT2D eigenvalue weighted by atomic mass is 35.5. The van der Waals surface area contributed by atoms with E-state index in [4.69, 9.17) is 16.3 Å². The average Bonchev–Trinajstić information content (AvgIpc) is 2.36. The van der Waals surface area contributed by atoms with Crippen LogP contribution in [0.25, 0.3) is 16.8 Å². The molecule has 0 aliphatic heterocycles. The van der Waals surface area contributed by atoms with E-state index in [1.54, 1.807) is 7.11 Å². The minimum atomic E-state index is 0.446. The Labute approximate surface area is 100 Å².